The molecular formula is C40H48N5O12S2+. The summed E-state index contributed by atoms with van der Waals surface area (Å²) in [7, 11) is -8.65. The minimum Gasteiger partial charge on any atom is -0.344 e. The number of fused-ring (bicyclic) bond motifs is 2. The Labute approximate surface area is 342 Å². The number of hydroxylamine groups is 3. The molecule has 1 fully saturated rings. The number of aliphatic imine (C=N–C) groups is 1. The molecule has 316 valence electrons. The van der Waals surface area contributed by atoms with Crippen molar-refractivity contribution in [2.75, 3.05) is 17.2 Å². The molecule has 0 saturated carbocycles. The molecule has 4 N–H and O–H groups in total. The lowest BCUT2D eigenvalue weighted by Gasteiger charge is -2.27. The summed E-state index contributed by atoms with van der Waals surface area (Å²) in [4.78, 5) is 59.7. The molecular weight excluding hydrogens is 807 g/mol. The minimum atomic E-state index is -4.45. The topological polar surface area (TPSA) is 241 Å². The number of carbonyl (C=O) groups is 4. The first-order valence-electron chi connectivity index (χ1n) is 18.9. The third kappa shape index (κ3) is 10.5. The van der Waals surface area contributed by atoms with Crippen LogP contribution in [0.3, 0.4) is 0 Å². The quantitative estimate of drug-likeness (QED) is 0.0326. The number of aryl methyl sites for hydroxylation is 1. The number of allylic oxidation sites excluding steroid dienone is 8. The maximum atomic E-state index is 12.3. The molecule has 0 bridgehead atoms. The molecule has 5 rings (SSSR count). The number of benzene rings is 1. The van der Waals surface area contributed by atoms with Crippen LogP contribution in [0.2, 0.25) is 0 Å². The fourth-order valence-electron chi connectivity index (χ4n) is 7.20. The lowest BCUT2D eigenvalue weighted by molar-refractivity contribution is -0.684. The highest BCUT2D eigenvalue weighted by Gasteiger charge is 2.43. The van der Waals surface area contributed by atoms with Crippen molar-refractivity contribution in [2.24, 2.45) is 4.99 Å². The first kappa shape index (κ1) is 44.8. The van der Waals surface area contributed by atoms with Gasteiger partial charge in [-0.3, -0.25) is 28.7 Å². The van der Waals surface area contributed by atoms with Crippen molar-refractivity contribution in [1.29, 1.82) is 0 Å². The van der Waals surface area contributed by atoms with Gasteiger partial charge in [0.1, 0.15) is 6.20 Å². The summed E-state index contributed by atoms with van der Waals surface area (Å²) in [6.45, 7) is 8.40. The van der Waals surface area contributed by atoms with Gasteiger partial charge in [-0.1, -0.05) is 50.6 Å². The van der Waals surface area contributed by atoms with E-state index in [1.807, 2.05) is 52.0 Å². The highest BCUT2D eigenvalue weighted by molar-refractivity contribution is 7.86. The van der Waals surface area contributed by atoms with E-state index in [1.54, 1.807) is 40.4 Å². The maximum Gasteiger partial charge on any atom is 0.333 e. The summed E-state index contributed by atoms with van der Waals surface area (Å²) in [5.41, 5.74) is 4.12. The van der Waals surface area contributed by atoms with E-state index in [9.17, 15) is 50.3 Å². The number of carbonyl (C=O) groups excluding carboxylic acids is 4. The molecule has 3 aliphatic heterocycles. The average Bonchev–Trinajstić information content (AvgIpc) is 3.69. The molecule has 19 heteroatoms. The van der Waals surface area contributed by atoms with Gasteiger partial charge < -0.3 is 9.74 Å². The van der Waals surface area contributed by atoms with Crippen molar-refractivity contribution in [1.82, 2.24) is 10.5 Å². The van der Waals surface area contributed by atoms with E-state index in [1.165, 1.54) is 18.3 Å². The number of rotatable bonds is 17. The van der Waals surface area contributed by atoms with Crippen LogP contribution < -0.4 is 14.9 Å². The Hall–Kier alpha value is -5.34. The fourth-order valence-corrected chi connectivity index (χ4v) is 8.20. The Bertz CT molecular complexity index is 2400. The lowest BCUT2D eigenvalue weighted by Crippen LogP contribution is -2.38. The normalized spacial score (nSPS) is 18.1. The van der Waals surface area contributed by atoms with E-state index in [-0.39, 0.29) is 42.7 Å². The van der Waals surface area contributed by atoms with E-state index in [4.69, 9.17) is 9.83 Å². The van der Waals surface area contributed by atoms with Gasteiger partial charge in [0.05, 0.1) is 33.7 Å². The van der Waals surface area contributed by atoms with Crippen LogP contribution in [0.5, 0.6) is 0 Å². The van der Waals surface area contributed by atoms with Gasteiger partial charge in [0.2, 0.25) is 0 Å². The number of nitrogens with one attached hydrogen (secondary N) is 1. The zero-order valence-electron chi connectivity index (χ0n) is 33.1. The average molecular weight is 855 g/mol. The Balaban J connectivity index is 1.29. The van der Waals surface area contributed by atoms with Gasteiger partial charge in [-0.05, 0) is 73.7 Å². The molecule has 0 radical (unpaired) electrons. The molecule has 0 atom stereocenters. The number of hydrogen-bond acceptors (Lipinski definition) is 12. The second-order valence-electron chi connectivity index (χ2n) is 15.3. The Morgan fingerprint density at radius 1 is 0.898 bits per heavy atom. The molecule has 0 spiro atoms. The Morgan fingerprint density at radius 3 is 2.24 bits per heavy atom. The monoisotopic (exact) mass is 854 g/mol. The summed E-state index contributed by atoms with van der Waals surface area (Å²) in [6.07, 6.45) is 16.1. The molecule has 3 aliphatic rings. The number of pyridine rings is 1. The molecule has 2 aromatic rings. The molecule has 1 aromatic heterocycles. The number of nitrogens with zero attached hydrogens (tertiary/aromatic N) is 4. The molecule has 1 saturated heterocycles. The van der Waals surface area contributed by atoms with E-state index >= 15 is 0 Å². The van der Waals surface area contributed by atoms with Crippen molar-refractivity contribution >= 4 is 61.1 Å². The number of amides is 3. The Kier molecular flexibility index (Phi) is 13.6. The van der Waals surface area contributed by atoms with Gasteiger partial charge >= 0.3 is 11.8 Å². The van der Waals surface area contributed by atoms with Crippen LogP contribution in [0.15, 0.2) is 88.6 Å². The van der Waals surface area contributed by atoms with Crippen LogP contribution in [-0.2, 0) is 56.8 Å². The first-order valence-corrected chi connectivity index (χ1v) is 21.9. The van der Waals surface area contributed by atoms with Gasteiger partial charge in [-0.2, -0.15) is 16.8 Å². The number of hydrogen-bond donors (Lipinski definition) is 4. The number of anilines is 1. The minimum absolute atomic E-state index is 0.0153. The molecule has 4 heterocycles. The van der Waals surface area contributed by atoms with Crippen molar-refractivity contribution < 1.29 is 59.7 Å². The zero-order valence-corrected chi connectivity index (χ0v) is 34.8. The van der Waals surface area contributed by atoms with E-state index in [0.29, 0.717) is 53.5 Å². The van der Waals surface area contributed by atoms with E-state index < -0.39 is 60.5 Å². The van der Waals surface area contributed by atoms with Crippen LogP contribution in [0, 0.1) is 0 Å². The largest absolute Gasteiger partial charge is 0.344 e. The molecule has 1 aromatic carbocycles. The van der Waals surface area contributed by atoms with Gasteiger partial charge in [0.15, 0.2) is 5.71 Å². The predicted octanol–water partition coefficient (Wildman–Crippen LogP) is 4.50. The lowest BCUT2D eigenvalue weighted by atomic mass is 9.81. The highest BCUT2D eigenvalue weighted by Crippen LogP contribution is 2.48. The zero-order chi connectivity index (χ0) is 43.3. The Morgan fingerprint density at radius 2 is 1.58 bits per heavy atom. The van der Waals surface area contributed by atoms with E-state index in [0.717, 1.165) is 11.4 Å². The maximum absolute atomic E-state index is 12.3. The van der Waals surface area contributed by atoms with Crippen LogP contribution in [-0.4, -0.2) is 77.9 Å². The molecule has 0 aliphatic carbocycles. The molecule has 17 nitrogen and oxygen atoms in total. The van der Waals surface area contributed by atoms with Crippen molar-refractivity contribution in [3.63, 3.8) is 0 Å². The summed E-state index contributed by atoms with van der Waals surface area (Å²) in [6, 6.07) is 6.10. The highest BCUT2D eigenvalue weighted by atomic mass is 32.2. The van der Waals surface area contributed by atoms with Crippen molar-refractivity contribution in [3.05, 3.63) is 95.4 Å². The number of imide groups is 1. The molecule has 59 heavy (non-hydrogen) atoms. The summed E-state index contributed by atoms with van der Waals surface area (Å²) < 4.78 is 67.3. The van der Waals surface area contributed by atoms with Crippen LogP contribution in [0.25, 0.3) is 0 Å². The van der Waals surface area contributed by atoms with Crippen LogP contribution >= 0.6 is 0 Å². The smallest absolute Gasteiger partial charge is 0.333 e. The number of aromatic nitrogens is 1. The summed E-state index contributed by atoms with van der Waals surface area (Å²) in [5, 5.41) is 9.78. The van der Waals surface area contributed by atoms with Crippen molar-refractivity contribution in [2.45, 2.75) is 94.9 Å². The second kappa shape index (κ2) is 17.9. The summed E-state index contributed by atoms with van der Waals surface area (Å²) >= 11 is 0. The van der Waals surface area contributed by atoms with Gasteiger partial charge in [-0.15, -0.1) is 5.06 Å². The van der Waals surface area contributed by atoms with Crippen LogP contribution in [0.4, 0.5) is 11.5 Å². The number of unbranched alkanes of at least 4 members (excludes halogenated alkanes) is 2. The predicted molar refractivity (Wildman–Crippen MR) is 215 cm³/mol. The first-order chi connectivity index (χ1) is 27.6. The standard InChI is InChI=1S/C40H47N5O12S2/c1-39(2)30-24-27(38(49)42-50)26-43(21-13-23-58(51,52)53)37(30)41-32(39)14-9-6-5-7-10-15-33-40(3,4)29-25-28(59(54,55)56)17-18-31(29)44(33)22-12-8-11-16-36(48)57-45-34(46)19-20-35(45)47/h5-7,9-10,14-15,17-18,24-26H,8,11-13,16,19-23H2,1-4H3,(H3-,42,49,50,51,52,53,54,55,56)/p+1. The second-order valence-corrected chi connectivity index (χ2v) is 18.3. The third-order valence-electron chi connectivity index (χ3n) is 10.4. The van der Waals surface area contributed by atoms with Crippen molar-refractivity contribution in [3.8, 4) is 0 Å². The molecule has 0 unspecified atom stereocenters. The SMILES string of the molecule is CC1(C)C(/C=C/C=C/C=C/C=C2/N(CCCCCC(=O)ON3C(=O)CCC3=O)c3ccc(S(=O)(=O)O)cc3C2(C)C)=Nc2c1cc(C(=O)NO)c[n+]2CCCS(=O)(=O)O. The summed E-state index contributed by atoms with van der Waals surface area (Å²) in [5.74, 6) is -2.46. The molecule has 3 amide bonds. The third-order valence-corrected chi connectivity index (χ3v) is 12.0. The van der Waals surface area contributed by atoms with E-state index in [2.05, 4.69) is 4.90 Å². The van der Waals surface area contributed by atoms with Gasteiger partial charge in [0, 0.05) is 49.0 Å². The van der Waals surface area contributed by atoms with Gasteiger partial charge in [-0.25, -0.2) is 14.8 Å². The van der Waals surface area contributed by atoms with Crippen LogP contribution in [0.1, 0.15) is 94.1 Å². The van der Waals surface area contributed by atoms with Gasteiger partial charge in [0.25, 0.3) is 38.0 Å². The fraction of sp³-hybridized carbons (Fsp3) is 0.400.